The van der Waals surface area contributed by atoms with E-state index in [0.29, 0.717) is 45.9 Å². The summed E-state index contributed by atoms with van der Waals surface area (Å²) in [6, 6.07) is 20.8. The van der Waals surface area contributed by atoms with E-state index in [0.717, 1.165) is 0 Å². The second kappa shape index (κ2) is 8.75. The maximum Gasteiger partial charge on any atom is 0.255 e. The molecule has 3 aromatic carbocycles. The zero-order valence-corrected chi connectivity index (χ0v) is 17.2. The van der Waals surface area contributed by atoms with E-state index in [-0.39, 0.29) is 17.5 Å². The van der Waals surface area contributed by atoms with Crippen molar-refractivity contribution in [2.75, 3.05) is 19.0 Å². The summed E-state index contributed by atoms with van der Waals surface area (Å²) in [5.74, 6) is 0.611. The second-order valence-electron chi connectivity index (χ2n) is 6.77. The predicted molar refractivity (Wildman–Crippen MR) is 118 cm³/mol. The molecule has 1 heterocycles. The van der Waals surface area contributed by atoms with Crippen molar-refractivity contribution < 1.29 is 23.5 Å². The molecule has 0 aliphatic rings. The lowest BCUT2D eigenvalue weighted by molar-refractivity contribution is 0.101. The molecule has 4 rings (SSSR count). The van der Waals surface area contributed by atoms with Crippen molar-refractivity contribution in [1.29, 1.82) is 0 Å². The van der Waals surface area contributed by atoms with E-state index in [2.05, 4.69) is 5.32 Å². The average Bonchev–Trinajstić information content (AvgIpc) is 3.17. The van der Waals surface area contributed by atoms with E-state index in [1.54, 1.807) is 67.8 Å². The number of fused-ring (bicyclic) bond motifs is 1. The summed E-state index contributed by atoms with van der Waals surface area (Å²) in [6.45, 7) is 2.37. The summed E-state index contributed by atoms with van der Waals surface area (Å²) in [7, 11) is 1.56. The summed E-state index contributed by atoms with van der Waals surface area (Å²) < 4.78 is 16.5. The van der Waals surface area contributed by atoms with Crippen LogP contribution in [0, 0.1) is 0 Å². The van der Waals surface area contributed by atoms with E-state index in [4.69, 9.17) is 13.9 Å². The van der Waals surface area contributed by atoms with Crippen molar-refractivity contribution >= 4 is 28.3 Å². The minimum absolute atomic E-state index is 0.0701. The first-order chi connectivity index (χ1) is 15.1. The maximum absolute atomic E-state index is 13.2. The highest BCUT2D eigenvalue weighted by Gasteiger charge is 2.24. The van der Waals surface area contributed by atoms with Gasteiger partial charge in [0.15, 0.2) is 5.76 Å². The molecule has 4 aromatic rings. The van der Waals surface area contributed by atoms with Crippen LogP contribution in [0.15, 0.2) is 77.2 Å². The monoisotopic (exact) mass is 415 g/mol. The number of methoxy groups -OCH3 is 1. The van der Waals surface area contributed by atoms with Gasteiger partial charge in [-0.15, -0.1) is 0 Å². The van der Waals surface area contributed by atoms with Gasteiger partial charge in [0.1, 0.15) is 17.1 Å². The molecule has 0 radical (unpaired) electrons. The topological polar surface area (TPSA) is 77.8 Å². The summed E-state index contributed by atoms with van der Waals surface area (Å²) >= 11 is 0. The molecule has 0 fully saturated rings. The van der Waals surface area contributed by atoms with Crippen LogP contribution in [-0.2, 0) is 0 Å². The molecule has 0 saturated heterocycles. The van der Waals surface area contributed by atoms with Gasteiger partial charge in [0.2, 0.25) is 5.78 Å². The van der Waals surface area contributed by atoms with Crippen LogP contribution in [0.4, 0.5) is 5.69 Å². The number of nitrogens with one attached hydrogen (secondary N) is 1. The second-order valence-corrected chi connectivity index (χ2v) is 6.77. The molecule has 0 unspecified atom stereocenters. The quantitative estimate of drug-likeness (QED) is 0.413. The minimum atomic E-state index is -0.364. The molecule has 156 valence electrons. The molecule has 0 spiro atoms. The van der Waals surface area contributed by atoms with Crippen molar-refractivity contribution in [2.45, 2.75) is 6.92 Å². The standard InChI is InChI=1S/C25H21NO5/c1-3-30-19-8-6-7-17(15-19)25(28)26-22-20-9-4-5-10-21(20)31-24(22)23(27)16-11-13-18(29-2)14-12-16/h4-15H,3H2,1-2H3,(H,26,28). The van der Waals surface area contributed by atoms with Gasteiger partial charge in [-0.2, -0.15) is 0 Å². The fourth-order valence-electron chi connectivity index (χ4n) is 3.28. The number of amides is 1. The summed E-state index contributed by atoms with van der Waals surface area (Å²) in [6.07, 6.45) is 0. The number of para-hydroxylation sites is 1. The minimum Gasteiger partial charge on any atom is -0.497 e. The average molecular weight is 415 g/mol. The molecule has 0 saturated carbocycles. The molecule has 31 heavy (non-hydrogen) atoms. The van der Waals surface area contributed by atoms with Gasteiger partial charge in [-0.1, -0.05) is 18.2 Å². The van der Waals surface area contributed by atoms with Gasteiger partial charge < -0.3 is 19.2 Å². The van der Waals surface area contributed by atoms with Crippen molar-refractivity contribution in [2.24, 2.45) is 0 Å². The van der Waals surface area contributed by atoms with Gasteiger partial charge in [0.05, 0.1) is 19.4 Å². The van der Waals surface area contributed by atoms with Crippen LogP contribution in [0.2, 0.25) is 0 Å². The molecule has 6 heteroatoms. The number of hydrogen-bond donors (Lipinski definition) is 1. The van der Waals surface area contributed by atoms with Gasteiger partial charge in [-0.25, -0.2) is 0 Å². The van der Waals surface area contributed by atoms with Crippen LogP contribution >= 0.6 is 0 Å². The van der Waals surface area contributed by atoms with Gasteiger partial charge in [-0.05, 0) is 61.5 Å². The normalized spacial score (nSPS) is 10.6. The zero-order chi connectivity index (χ0) is 21.8. The smallest absolute Gasteiger partial charge is 0.255 e. The number of carbonyl (C=O) groups is 2. The number of anilines is 1. The van der Waals surface area contributed by atoms with Gasteiger partial charge in [0.25, 0.3) is 5.91 Å². The number of rotatable bonds is 7. The highest BCUT2D eigenvalue weighted by molar-refractivity contribution is 6.18. The number of carbonyl (C=O) groups excluding carboxylic acids is 2. The molecule has 0 aliphatic carbocycles. The number of ketones is 1. The van der Waals surface area contributed by atoms with Crippen LogP contribution in [-0.4, -0.2) is 25.4 Å². The van der Waals surface area contributed by atoms with Crippen molar-refractivity contribution in [3.63, 3.8) is 0 Å². The molecular formula is C25H21NO5. The third kappa shape index (κ3) is 4.14. The van der Waals surface area contributed by atoms with E-state index in [1.165, 1.54) is 0 Å². The third-order valence-corrected chi connectivity index (χ3v) is 4.80. The van der Waals surface area contributed by atoms with Crippen LogP contribution in [0.5, 0.6) is 11.5 Å². The molecule has 0 atom stereocenters. The highest BCUT2D eigenvalue weighted by atomic mass is 16.5. The van der Waals surface area contributed by atoms with E-state index >= 15 is 0 Å². The fraction of sp³-hybridized carbons (Fsp3) is 0.120. The van der Waals surface area contributed by atoms with E-state index < -0.39 is 0 Å². The third-order valence-electron chi connectivity index (χ3n) is 4.80. The first kappa shape index (κ1) is 20.2. The van der Waals surface area contributed by atoms with Gasteiger partial charge in [-0.3, -0.25) is 9.59 Å². The summed E-state index contributed by atoms with van der Waals surface area (Å²) in [5, 5.41) is 3.51. The Labute approximate surface area is 179 Å². The molecule has 1 amide bonds. The Balaban J connectivity index is 1.72. The lowest BCUT2D eigenvalue weighted by atomic mass is 10.1. The Morgan fingerprint density at radius 1 is 0.903 bits per heavy atom. The summed E-state index contributed by atoms with van der Waals surface area (Å²) in [4.78, 5) is 26.2. The zero-order valence-electron chi connectivity index (χ0n) is 17.2. The van der Waals surface area contributed by atoms with Crippen LogP contribution in [0.1, 0.15) is 33.4 Å². The molecular weight excluding hydrogens is 394 g/mol. The Morgan fingerprint density at radius 2 is 1.68 bits per heavy atom. The van der Waals surface area contributed by atoms with Crippen molar-refractivity contribution in [1.82, 2.24) is 0 Å². The highest BCUT2D eigenvalue weighted by Crippen LogP contribution is 2.33. The molecule has 6 nitrogen and oxygen atoms in total. The fourth-order valence-corrected chi connectivity index (χ4v) is 3.28. The largest absolute Gasteiger partial charge is 0.497 e. The molecule has 1 N–H and O–H groups in total. The van der Waals surface area contributed by atoms with Gasteiger partial charge >= 0.3 is 0 Å². The van der Waals surface area contributed by atoms with Crippen molar-refractivity contribution in [3.05, 3.63) is 89.7 Å². The number of benzene rings is 3. The van der Waals surface area contributed by atoms with Crippen LogP contribution in [0.25, 0.3) is 11.0 Å². The maximum atomic E-state index is 13.2. The number of furan rings is 1. The van der Waals surface area contributed by atoms with E-state index in [9.17, 15) is 9.59 Å². The first-order valence-electron chi connectivity index (χ1n) is 9.85. The Hall–Kier alpha value is -4.06. The Kier molecular flexibility index (Phi) is 5.71. The first-order valence-corrected chi connectivity index (χ1v) is 9.85. The lowest BCUT2D eigenvalue weighted by Crippen LogP contribution is -2.14. The van der Waals surface area contributed by atoms with Gasteiger partial charge in [0, 0.05) is 16.5 Å². The molecule has 1 aromatic heterocycles. The summed E-state index contributed by atoms with van der Waals surface area (Å²) in [5.41, 5.74) is 1.69. The van der Waals surface area contributed by atoms with E-state index in [1.807, 2.05) is 19.1 Å². The number of hydrogen-bond acceptors (Lipinski definition) is 5. The predicted octanol–water partition coefficient (Wildman–Crippen LogP) is 5.32. The van der Waals surface area contributed by atoms with Crippen molar-refractivity contribution in [3.8, 4) is 11.5 Å². The molecule has 0 bridgehead atoms. The Bertz CT molecular complexity index is 1240. The number of ether oxygens (including phenoxy) is 2. The Morgan fingerprint density at radius 3 is 2.42 bits per heavy atom. The lowest BCUT2D eigenvalue weighted by Gasteiger charge is -2.08. The molecule has 0 aliphatic heterocycles. The SMILES string of the molecule is CCOc1cccc(C(=O)Nc2c(C(=O)c3ccc(OC)cc3)oc3ccccc23)c1. The van der Waals surface area contributed by atoms with Crippen LogP contribution < -0.4 is 14.8 Å². The van der Waals surface area contributed by atoms with Crippen LogP contribution in [0.3, 0.4) is 0 Å².